The van der Waals surface area contributed by atoms with Crippen LogP contribution in [0.5, 0.6) is 0 Å². The highest BCUT2D eigenvalue weighted by Crippen LogP contribution is 2.43. The van der Waals surface area contributed by atoms with Gasteiger partial charge in [-0.2, -0.15) is 22.0 Å². The van der Waals surface area contributed by atoms with Gasteiger partial charge >= 0.3 is 12.1 Å². The zero-order valence-corrected chi connectivity index (χ0v) is 17.5. The van der Waals surface area contributed by atoms with Crippen molar-refractivity contribution in [2.24, 2.45) is 7.05 Å². The van der Waals surface area contributed by atoms with Gasteiger partial charge in [-0.1, -0.05) is 25.1 Å². The van der Waals surface area contributed by atoms with Crippen molar-refractivity contribution in [1.29, 1.82) is 0 Å². The van der Waals surface area contributed by atoms with Gasteiger partial charge in [-0.15, -0.1) is 0 Å². The van der Waals surface area contributed by atoms with Crippen molar-refractivity contribution in [3.8, 4) is 11.5 Å². The van der Waals surface area contributed by atoms with E-state index in [1.165, 1.54) is 24.6 Å². The molecule has 0 spiro atoms. The standard InChI is InChI=1S/C20H15F5N4O2S/c1-3-32(30,31)15-8-11-6-4-5-7-12(11)27-17(15)18-28-13-9-16(19(21,22)20(23,24)25)26-10-14(13)29(18)2/h4-10H,3H2,1-2H3. The topological polar surface area (TPSA) is 77.7 Å². The Morgan fingerprint density at radius 1 is 1.00 bits per heavy atom. The Kier molecular flexibility index (Phi) is 4.96. The average molecular weight is 470 g/mol. The van der Waals surface area contributed by atoms with Crippen LogP contribution in [-0.4, -0.2) is 39.9 Å². The highest BCUT2D eigenvalue weighted by Gasteiger charge is 2.60. The van der Waals surface area contributed by atoms with E-state index in [9.17, 15) is 30.4 Å². The van der Waals surface area contributed by atoms with Crippen molar-refractivity contribution in [1.82, 2.24) is 19.5 Å². The molecule has 1 aromatic carbocycles. The molecule has 4 aromatic rings. The third-order valence-electron chi connectivity index (χ3n) is 5.06. The first kappa shape index (κ1) is 22.1. The summed E-state index contributed by atoms with van der Waals surface area (Å²) in [4.78, 5) is 11.7. The molecule has 0 atom stereocenters. The van der Waals surface area contributed by atoms with Gasteiger partial charge in [0.15, 0.2) is 15.7 Å². The molecule has 3 heterocycles. The van der Waals surface area contributed by atoms with E-state index in [-0.39, 0.29) is 33.2 Å². The molecule has 0 saturated heterocycles. The molecule has 0 aliphatic carbocycles. The predicted octanol–water partition coefficient (Wildman–Crippen LogP) is 4.63. The molecule has 0 N–H and O–H groups in total. The van der Waals surface area contributed by atoms with E-state index in [4.69, 9.17) is 0 Å². The molecule has 12 heteroatoms. The van der Waals surface area contributed by atoms with E-state index in [1.807, 2.05) is 0 Å². The minimum Gasteiger partial charge on any atom is -0.324 e. The van der Waals surface area contributed by atoms with Crippen LogP contribution in [0.4, 0.5) is 22.0 Å². The van der Waals surface area contributed by atoms with Gasteiger partial charge in [0, 0.05) is 12.4 Å². The lowest BCUT2D eigenvalue weighted by atomic mass is 10.2. The van der Waals surface area contributed by atoms with Crippen LogP contribution in [0.1, 0.15) is 12.6 Å². The summed E-state index contributed by atoms with van der Waals surface area (Å²) in [5.41, 5.74) is -1.14. The molecular weight excluding hydrogens is 455 g/mol. The molecule has 0 bridgehead atoms. The largest absolute Gasteiger partial charge is 0.459 e. The molecule has 0 radical (unpaired) electrons. The van der Waals surface area contributed by atoms with Crippen LogP contribution in [0.2, 0.25) is 0 Å². The summed E-state index contributed by atoms with van der Waals surface area (Å²) in [6, 6.07) is 8.75. The van der Waals surface area contributed by atoms with Crippen LogP contribution < -0.4 is 0 Å². The highest BCUT2D eigenvalue weighted by molar-refractivity contribution is 7.91. The monoisotopic (exact) mass is 470 g/mol. The number of para-hydroxylation sites is 1. The number of hydrogen-bond acceptors (Lipinski definition) is 5. The van der Waals surface area contributed by atoms with Crippen molar-refractivity contribution in [3.05, 3.63) is 48.3 Å². The minimum atomic E-state index is -5.83. The number of pyridine rings is 2. The number of aryl methyl sites for hydroxylation is 1. The SMILES string of the molecule is CCS(=O)(=O)c1cc2ccccc2nc1-c1nc2cc(C(F)(F)C(F)(F)F)ncc2n1C. The first-order valence-electron chi connectivity index (χ1n) is 9.27. The van der Waals surface area contributed by atoms with Gasteiger partial charge < -0.3 is 4.57 Å². The van der Waals surface area contributed by atoms with Crippen molar-refractivity contribution in [2.75, 3.05) is 5.75 Å². The van der Waals surface area contributed by atoms with Gasteiger partial charge in [-0.3, -0.25) is 4.98 Å². The van der Waals surface area contributed by atoms with Crippen molar-refractivity contribution in [3.63, 3.8) is 0 Å². The van der Waals surface area contributed by atoms with Gasteiger partial charge in [-0.05, 0) is 18.2 Å². The second-order valence-electron chi connectivity index (χ2n) is 7.06. The van der Waals surface area contributed by atoms with Gasteiger partial charge in [-0.25, -0.2) is 18.4 Å². The van der Waals surface area contributed by atoms with Crippen LogP contribution in [-0.2, 0) is 22.8 Å². The van der Waals surface area contributed by atoms with Gasteiger partial charge in [0.05, 0.1) is 33.4 Å². The fourth-order valence-corrected chi connectivity index (χ4v) is 4.32. The Balaban J connectivity index is 2.00. The third kappa shape index (κ3) is 3.38. The summed E-state index contributed by atoms with van der Waals surface area (Å²) in [6.45, 7) is 1.46. The van der Waals surface area contributed by atoms with Crippen molar-refractivity contribution >= 4 is 31.8 Å². The third-order valence-corrected chi connectivity index (χ3v) is 6.80. The average Bonchev–Trinajstić information content (AvgIpc) is 3.07. The fraction of sp³-hybridized carbons (Fsp3) is 0.250. The zero-order chi connectivity index (χ0) is 23.5. The quantitative estimate of drug-likeness (QED) is 0.407. The number of benzene rings is 1. The molecule has 6 nitrogen and oxygen atoms in total. The Morgan fingerprint density at radius 2 is 1.69 bits per heavy atom. The number of alkyl halides is 5. The summed E-state index contributed by atoms with van der Waals surface area (Å²) >= 11 is 0. The van der Waals surface area contributed by atoms with E-state index in [2.05, 4.69) is 15.0 Å². The number of aromatic nitrogens is 4. The Labute approximate surface area is 178 Å². The van der Waals surface area contributed by atoms with Crippen LogP contribution in [0.3, 0.4) is 0 Å². The first-order chi connectivity index (χ1) is 14.9. The fourth-order valence-electron chi connectivity index (χ4n) is 3.27. The molecule has 32 heavy (non-hydrogen) atoms. The normalized spacial score (nSPS) is 13.2. The molecule has 0 amide bonds. The maximum atomic E-state index is 13.7. The number of sulfone groups is 1. The lowest BCUT2D eigenvalue weighted by Crippen LogP contribution is -2.34. The maximum Gasteiger partial charge on any atom is 0.459 e. The van der Waals surface area contributed by atoms with Gasteiger partial charge in [0.1, 0.15) is 11.4 Å². The summed E-state index contributed by atoms with van der Waals surface area (Å²) in [5, 5.41) is 0.566. The van der Waals surface area contributed by atoms with Crippen molar-refractivity contribution in [2.45, 2.75) is 23.9 Å². The maximum absolute atomic E-state index is 13.7. The van der Waals surface area contributed by atoms with E-state index in [0.717, 1.165) is 6.20 Å². The van der Waals surface area contributed by atoms with E-state index >= 15 is 0 Å². The lowest BCUT2D eigenvalue weighted by molar-refractivity contribution is -0.290. The zero-order valence-electron chi connectivity index (χ0n) is 16.7. The molecule has 0 fully saturated rings. The van der Waals surface area contributed by atoms with E-state index in [1.54, 1.807) is 24.3 Å². The predicted molar refractivity (Wildman–Crippen MR) is 107 cm³/mol. The molecule has 0 saturated carbocycles. The Bertz CT molecular complexity index is 1460. The van der Waals surface area contributed by atoms with Crippen LogP contribution in [0.25, 0.3) is 33.5 Å². The first-order valence-corrected chi connectivity index (χ1v) is 10.9. The van der Waals surface area contributed by atoms with Gasteiger partial charge in [0.25, 0.3) is 0 Å². The number of rotatable bonds is 4. The smallest absolute Gasteiger partial charge is 0.324 e. The molecule has 3 aromatic heterocycles. The number of nitrogens with zero attached hydrogens (tertiary/aromatic N) is 4. The summed E-state index contributed by atoms with van der Waals surface area (Å²) in [5.74, 6) is -5.41. The minimum absolute atomic E-state index is 0.00736. The van der Waals surface area contributed by atoms with Crippen LogP contribution >= 0.6 is 0 Å². The molecule has 168 valence electrons. The Hall–Kier alpha value is -3.15. The summed E-state index contributed by atoms with van der Waals surface area (Å²) in [7, 11) is -2.31. The van der Waals surface area contributed by atoms with E-state index in [0.29, 0.717) is 17.0 Å². The number of halogens is 5. The summed E-state index contributed by atoms with van der Waals surface area (Å²) in [6.07, 6.45) is -4.98. The van der Waals surface area contributed by atoms with E-state index < -0.39 is 27.6 Å². The molecule has 4 rings (SSSR count). The van der Waals surface area contributed by atoms with Crippen LogP contribution in [0.15, 0.2) is 47.5 Å². The molecule has 0 unspecified atom stereocenters. The number of hydrogen-bond donors (Lipinski definition) is 0. The lowest BCUT2D eigenvalue weighted by Gasteiger charge is -2.18. The molecular formula is C20H15F5N4O2S. The highest BCUT2D eigenvalue weighted by atomic mass is 32.2. The van der Waals surface area contributed by atoms with Gasteiger partial charge in [0.2, 0.25) is 0 Å². The second-order valence-corrected chi connectivity index (χ2v) is 9.30. The summed E-state index contributed by atoms with van der Waals surface area (Å²) < 4.78 is 92.6. The Morgan fingerprint density at radius 3 is 2.34 bits per heavy atom. The second kappa shape index (κ2) is 7.19. The molecule has 0 aliphatic heterocycles. The number of fused-ring (bicyclic) bond motifs is 2. The van der Waals surface area contributed by atoms with Crippen molar-refractivity contribution < 1.29 is 30.4 Å². The number of imidazole rings is 1. The molecule has 0 aliphatic rings. The van der Waals surface area contributed by atoms with Crippen LogP contribution in [0, 0.1) is 0 Å².